The van der Waals surface area contributed by atoms with Crippen molar-refractivity contribution in [3.8, 4) is 0 Å². The van der Waals surface area contributed by atoms with Gasteiger partial charge in [0.25, 0.3) is 5.91 Å². The number of amides is 2. The number of carbonyl (C=O) groups is 2. The lowest BCUT2D eigenvalue weighted by molar-refractivity contribution is -0.117. The second-order valence-corrected chi connectivity index (χ2v) is 4.38. The van der Waals surface area contributed by atoms with Crippen molar-refractivity contribution in [3.63, 3.8) is 0 Å². The maximum absolute atomic E-state index is 11.8. The van der Waals surface area contributed by atoms with E-state index >= 15 is 0 Å². The fourth-order valence-electron chi connectivity index (χ4n) is 2.13. The highest BCUT2D eigenvalue weighted by atomic mass is 16.2. The Hall–Kier alpha value is -1.84. The summed E-state index contributed by atoms with van der Waals surface area (Å²) in [6.07, 6.45) is 0. The third kappa shape index (κ3) is 1.46. The molecule has 16 heavy (non-hydrogen) atoms. The minimum absolute atomic E-state index is 0.0857. The molecule has 0 fully saturated rings. The van der Waals surface area contributed by atoms with E-state index in [4.69, 9.17) is 0 Å². The summed E-state index contributed by atoms with van der Waals surface area (Å²) in [5.74, 6) is -0.226. The van der Waals surface area contributed by atoms with Gasteiger partial charge in [0.05, 0.1) is 11.3 Å². The maximum Gasteiger partial charge on any atom is 0.255 e. The third-order valence-corrected chi connectivity index (χ3v) is 2.68. The molecule has 0 bridgehead atoms. The van der Waals surface area contributed by atoms with Crippen LogP contribution < -0.4 is 10.2 Å². The Morgan fingerprint density at radius 2 is 1.94 bits per heavy atom. The molecule has 1 aliphatic rings. The topological polar surface area (TPSA) is 49.4 Å². The molecule has 4 heteroatoms. The number of nitrogens with one attached hydrogen (secondary N) is 1. The Kier molecular flexibility index (Phi) is 2.22. The number of anilines is 1. The molecule has 2 rings (SSSR count). The molecule has 2 amide bonds. The van der Waals surface area contributed by atoms with Crippen molar-refractivity contribution in [1.29, 1.82) is 0 Å². The number of para-hydroxylation sites is 1. The Morgan fingerprint density at radius 1 is 1.31 bits per heavy atom. The van der Waals surface area contributed by atoms with Crippen LogP contribution in [-0.4, -0.2) is 17.5 Å². The predicted octanol–water partition coefficient (Wildman–Crippen LogP) is 1.52. The Bertz CT molecular complexity index is 466. The van der Waals surface area contributed by atoms with Crippen LogP contribution >= 0.6 is 0 Å². The Labute approximate surface area is 94.2 Å². The van der Waals surface area contributed by atoms with Gasteiger partial charge in [-0.15, -0.1) is 0 Å². The molecule has 0 unspecified atom stereocenters. The minimum Gasteiger partial charge on any atom is -0.329 e. The van der Waals surface area contributed by atoms with E-state index < -0.39 is 5.66 Å². The summed E-state index contributed by atoms with van der Waals surface area (Å²) >= 11 is 0. The molecule has 1 N–H and O–H groups in total. The van der Waals surface area contributed by atoms with E-state index in [2.05, 4.69) is 5.32 Å². The molecule has 0 atom stereocenters. The average Bonchev–Trinajstić information content (AvgIpc) is 2.15. The maximum atomic E-state index is 11.8. The number of carbonyl (C=O) groups excluding carboxylic acids is 2. The summed E-state index contributed by atoms with van der Waals surface area (Å²) in [6.45, 7) is 5.11. The summed E-state index contributed by atoms with van der Waals surface area (Å²) in [4.78, 5) is 25.1. The third-order valence-electron chi connectivity index (χ3n) is 2.68. The molecule has 0 saturated carbocycles. The van der Waals surface area contributed by atoms with Crippen molar-refractivity contribution < 1.29 is 9.59 Å². The van der Waals surface area contributed by atoms with Crippen LogP contribution in [0.2, 0.25) is 0 Å². The lowest BCUT2D eigenvalue weighted by atomic mass is 10.0. The summed E-state index contributed by atoms with van der Waals surface area (Å²) < 4.78 is 0. The molecule has 4 nitrogen and oxygen atoms in total. The van der Waals surface area contributed by atoms with Gasteiger partial charge in [0.2, 0.25) is 5.91 Å². The summed E-state index contributed by atoms with van der Waals surface area (Å²) in [6, 6.07) is 7.12. The van der Waals surface area contributed by atoms with Gasteiger partial charge < -0.3 is 5.32 Å². The van der Waals surface area contributed by atoms with Crippen molar-refractivity contribution in [3.05, 3.63) is 29.8 Å². The van der Waals surface area contributed by atoms with Gasteiger partial charge in [-0.05, 0) is 26.0 Å². The fourth-order valence-corrected chi connectivity index (χ4v) is 2.13. The number of rotatable bonds is 0. The van der Waals surface area contributed by atoms with E-state index in [1.54, 1.807) is 23.1 Å². The first-order valence-corrected chi connectivity index (χ1v) is 5.16. The Balaban J connectivity index is 2.63. The van der Waals surface area contributed by atoms with Crippen LogP contribution in [0, 0.1) is 0 Å². The molecule has 1 aromatic carbocycles. The molecule has 1 aromatic rings. The lowest BCUT2D eigenvalue weighted by Gasteiger charge is -2.42. The fraction of sp³-hybridized carbons (Fsp3) is 0.333. The summed E-state index contributed by atoms with van der Waals surface area (Å²) in [5.41, 5.74) is 0.526. The lowest BCUT2D eigenvalue weighted by Crippen LogP contribution is -2.62. The van der Waals surface area contributed by atoms with E-state index in [9.17, 15) is 9.59 Å². The zero-order chi connectivity index (χ0) is 11.9. The van der Waals surface area contributed by atoms with Gasteiger partial charge in [0, 0.05) is 6.92 Å². The Morgan fingerprint density at radius 3 is 2.56 bits per heavy atom. The second kappa shape index (κ2) is 3.33. The molecule has 0 aliphatic carbocycles. The highest BCUT2D eigenvalue weighted by Crippen LogP contribution is 2.30. The quantitative estimate of drug-likeness (QED) is 0.717. The van der Waals surface area contributed by atoms with Crippen LogP contribution in [0.4, 0.5) is 5.69 Å². The molecule has 0 radical (unpaired) electrons. The van der Waals surface area contributed by atoms with Gasteiger partial charge in [-0.25, -0.2) is 0 Å². The predicted molar refractivity (Wildman–Crippen MR) is 61.1 cm³/mol. The first-order chi connectivity index (χ1) is 7.43. The highest BCUT2D eigenvalue weighted by molar-refractivity contribution is 6.08. The van der Waals surface area contributed by atoms with Crippen LogP contribution in [-0.2, 0) is 4.79 Å². The molecule has 1 aliphatic heterocycles. The minimum atomic E-state index is -0.683. The van der Waals surface area contributed by atoms with Crippen LogP contribution in [0.5, 0.6) is 0 Å². The number of hydrogen-bond donors (Lipinski definition) is 1. The number of hydrogen-bond acceptors (Lipinski definition) is 2. The number of fused-ring (bicyclic) bond motifs is 1. The van der Waals surface area contributed by atoms with Crippen molar-refractivity contribution in [2.24, 2.45) is 0 Å². The zero-order valence-electron chi connectivity index (χ0n) is 9.57. The van der Waals surface area contributed by atoms with Crippen LogP contribution in [0.1, 0.15) is 31.1 Å². The van der Waals surface area contributed by atoms with Crippen molar-refractivity contribution in [1.82, 2.24) is 5.32 Å². The van der Waals surface area contributed by atoms with Gasteiger partial charge in [0.1, 0.15) is 5.66 Å². The van der Waals surface area contributed by atoms with E-state index in [1.165, 1.54) is 6.92 Å². The molecule has 0 spiro atoms. The van der Waals surface area contributed by atoms with Crippen molar-refractivity contribution >= 4 is 17.5 Å². The molecular formula is C12H14N2O2. The second-order valence-electron chi connectivity index (χ2n) is 4.38. The van der Waals surface area contributed by atoms with Gasteiger partial charge in [-0.1, -0.05) is 12.1 Å². The summed E-state index contributed by atoms with van der Waals surface area (Å²) in [5, 5.41) is 2.81. The smallest absolute Gasteiger partial charge is 0.255 e. The van der Waals surface area contributed by atoms with Gasteiger partial charge in [-0.2, -0.15) is 0 Å². The van der Waals surface area contributed by atoms with Crippen LogP contribution in [0.3, 0.4) is 0 Å². The zero-order valence-corrected chi connectivity index (χ0v) is 9.57. The van der Waals surface area contributed by atoms with E-state index in [0.29, 0.717) is 11.3 Å². The number of benzene rings is 1. The standard InChI is InChI=1S/C12H14N2O2/c1-8(15)14-10-7-5-4-6-9(10)11(16)13-12(14,2)3/h4-7H,1-3H3,(H,13,16). The monoisotopic (exact) mass is 218 g/mol. The van der Waals surface area contributed by atoms with Gasteiger partial charge >= 0.3 is 0 Å². The van der Waals surface area contributed by atoms with E-state index in [-0.39, 0.29) is 11.8 Å². The van der Waals surface area contributed by atoms with E-state index in [0.717, 1.165) is 0 Å². The van der Waals surface area contributed by atoms with Gasteiger partial charge in [0.15, 0.2) is 0 Å². The molecule has 0 saturated heterocycles. The van der Waals surface area contributed by atoms with Gasteiger partial charge in [-0.3, -0.25) is 14.5 Å². The highest BCUT2D eigenvalue weighted by Gasteiger charge is 2.38. The normalized spacial score (nSPS) is 17.7. The SMILES string of the molecule is CC(=O)N1c2ccccc2C(=O)NC1(C)C. The summed E-state index contributed by atoms with van der Waals surface area (Å²) in [7, 11) is 0. The van der Waals surface area contributed by atoms with Crippen molar-refractivity contribution in [2.75, 3.05) is 4.90 Å². The molecule has 0 aromatic heterocycles. The molecule has 84 valence electrons. The first-order valence-electron chi connectivity index (χ1n) is 5.16. The first kappa shape index (κ1) is 10.7. The molecular weight excluding hydrogens is 204 g/mol. The largest absolute Gasteiger partial charge is 0.329 e. The average molecular weight is 218 g/mol. The number of nitrogens with zero attached hydrogens (tertiary/aromatic N) is 1. The van der Waals surface area contributed by atoms with E-state index in [1.807, 2.05) is 19.9 Å². The van der Waals surface area contributed by atoms with Crippen LogP contribution in [0.15, 0.2) is 24.3 Å². The van der Waals surface area contributed by atoms with Crippen molar-refractivity contribution in [2.45, 2.75) is 26.4 Å². The van der Waals surface area contributed by atoms with Crippen LogP contribution in [0.25, 0.3) is 0 Å². The molecule has 1 heterocycles.